The molecular formula is C23H25NO3S. The fraction of sp³-hybridized carbons (Fsp3) is 0.217. The number of ether oxygens (including phenoxy) is 1. The predicted molar refractivity (Wildman–Crippen MR) is 113 cm³/mol. The maximum Gasteiger partial charge on any atom is 0.264 e. The van der Waals surface area contributed by atoms with Gasteiger partial charge in [-0.15, -0.1) is 0 Å². The molecule has 146 valence electrons. The summed E-state index contributed by atoms with van der Waals surface area (Å²) in [7, 11) is -2.21. The Morgan fingerprint density at radius 1 is 0.857 bits per heavy atom. The number of hydrogen-bond donors (Lipinski definition) is 0. The van der Waals surface area contributed by atoms with Crippen LogP contribution in [0.25, 0.3) is 0 Å². The topological polar surface area (TPSA) is 46.6 Å². The molecular weight excluding hydrogens is 370 g/mol. The summed E-state index contributed by atoms with van der Waals surface area (Å²) in [6, 6.07) is 21.6. The van der Waals surface area contributed by atoms with Crippen LogP contribution in [0.2, 0.25) is 0 Å². The Hall–Kier alpha value is -2.79. The second kappa shape index (κ2) is 8.07. The second-order valence-electron chi connectivity index (χ2n) is 6.91. The summed E-state index contributed by atoms with van der Waals surface area (Å²) < 4.78 is 34.0. The smallest absolute Gasteiger partial charge is 0.264 e. The largest absolute Gasteiger partial charge is 0.497 e. The van der Waals surface area contributed by atoms with E-state index >= 15 is 0 Å². The molecule has 0 aliphatic rings. The highest BCUT2D eigenvalue weighted by molar-refractivity contribution is 7.92. The van der Waals surface area contributed by atoms with Crippen molar-refractivity contribution in [1.29, 1.82) is 0 Å². The Morgan fingerprint density at radius 3 is 2.18 bits per heavy atom. The summed E-state index contributed by atoms with van der Waals surface area (Å²) in [5, 5.41) is 0. The normalized spacial score (nSPS) is 12.4. The van der Waals surface area contributed by atoms with Gasteiger partial charge in [-0.25, -0.2) is 8.42 Å². The third-order valence-corrected chi connectivity index (χ3v) is 6.67. The minimum absolute atomic E-state index is 0.264. The van der Waals surface area contributed by atoms with Crippen LogP contribution in [-0.2, 0) is 10.0 Å². The average molecular weight is 396 g/mol. The Balaban J connectivity index is 2.17. The number of anilines is 1. The lowest BCUT2D eigenvalue weighted by atomic mass is 10.1. The van der Waals surface area contributed by atoms with Gasteiger partial charge >= 0.3 is 0 Å². The molecule has 0 saturated carbocycles. The molecule has 1 unspecified atom stereocenters. The molecule has 0 radical (unpaired) electrons. The lowest BCUT2D eigenvalue weighted by Crippen LogP contribution is -2.33. The molecule has 28 heavy (non-hydrogen) atoms. The monoisotopic (exact) mass is 395 g/mol. The summed E-state index contributed by atoms with van der Waals surface area (Å²) in [4.78, 5) is 0.264. The minimum atomic E-state index is -3.78. The van der Waals surface area contributed by atoms with E-state index in [2.05, 4.69) is 0 Å². The molecule has 0 aliphatic heterocycles. The summed E-state index contributed by atoms with van der Waals surface area (Å²) in [5.74, 6) is 0.609. The van der Waals surface area contributed by atoms with E-state index in [-0.39, 0.29) is 4.90 Å². The molecule has 0 heterocycles. The first-order valence-corrected chi connectivity index (χ1v) is 10.6. The minimum Gasteiger partial charge on any atom is -0.497 e. The second-order valence-corrected chi connectivity index (χ2v) is 8.72. The van der Waals surface area contributed by atoms with E-state index < -0.39 is 16.1 Å². The van der Waals surface area contributed by atoms with Crippen LogP contribution in [-0.4, -0.2) is 15.5 Å². The molecule has 1 atom stereocenters. The molecule has 0 bridgehead atoms. The molecule has 3 aromatic carbocycles. The van der Waals surface area contributed by atoms with Crippen molar-refractivity contribution in [2.75, 3.05) is 11.4 Å². The molecule has 3 aromatic rings. The summed E-state index contributed by atoms with van der Waals surface area (Å²) in [5.41, 5.74) is 3.59. The van der Waals surface area contributed by atoms with Crippen molar-refractivity contribution in [3.8, 4) is 5.75 Å². The Morgan fingerprint density at radius 2 is 1.54 bits per heavy atom. The first-order valence-electron chi connectivity index (χ1n) is 9.14. The molecule has 0 fully saturated rings. The lowest BCUT2D eigenvalue weighted by Gasteiger charge is -2.31. The molecule has 0 aliphatic carbocycles. The van der Waals surface area contributed by atoms with Crippen LogP contribution >= 0.6 is 0 Å². The van der Waals surface area contributed by atoms with Gasteiger partial charge in [0.2, 0.25) is 0 Å². The number of sulfonamides is 1. The van der Waals surface area contributed by atoms with E-state index in [9.17, 15) is 8.42 Å². The fourth-order valence-corrected chi connectivity index (χ4v) is 4.84. The van der Waals surface area contributed by atoms with E-state index in [1.807, 2.05) is 57.2 Å². The molecule has 0 aromatic heterocycles. The number of hydrogen-bond acceptors (Lipinski definition) is 3. The van der Waals surface area contributed by atoms with Gasteiger partial charge in [-0.05, 0) is 50.6 Å². The van der Waals surface area contributed by atoms with E-state index in [1.54, 1.807) is 43.5 Å². The van der Waals surface area contributed by atoms with E-state index in [4.69, 9.17) is 4.74 Å². The van der Waals surface area contributed by atoms with Gasteiger partial charge < -0.3 is 4.74 Å². The van der Waals surface area contributed by atoms with Gasteiger partial charge in [0, 0.05) is 6.07 Å². The quantitative estimate of drug-likeness (QED) is 0.571. The third-order valence-electron chi connectivity index (χ3n) is 4.76. The van der Waals surface area contributed by atoms with Crippen LogP contribution in [0.4, 0.5) is 5.69 Å². The van der Waals surface area contributed by atoms with Gasteiger partial charge in [0.25, 0.3) is 10.0 Å². The maximum absolute atomic E-state index is 13.6. The number of methoxy groups -OCH3 is 1. The van der Waals surface area contributed by atoms with E-state index in [1.165, 1.54) is 4.31 Å². The van der Waals surface area contributed by atoms with Gasteiger partial charge in [0.1, 0.15) is 5.75 Å². The fourth-order valence-electron chi connectivity index (χ4n) is 3.21. The third kappa shape index (κ3) is 4.04. The molecule has 5 heteroatoms. The van der Waals surface area contributed by atoms with Gasteiger partial charge in [-0.3, -0.25) is 4.31 Å². The number of benzene rings is 3. The van der Waals surface area contributed by atoms with Crippen molar-refractivity contribution in [3.63, 3.8) is 0 Å². The van der Waals surface area contributed by atoms with Crippen LogP contribution in [0.15, 0.2) is 77.7 Å². The highest BCUT2D eigenvalue weighted by Crippen LogP contribution is 2.35. The number of aryl methyl sites for hydroxylation is 2. The molecule has 0 N–H and O–H groups in total. The van der Waals surface area contributed by atoms with Crippen LogP contribution in [0.3, 0.4) is 0 Å². The van der Waals surface area contributed by atoms with Gasteiger partial charge in [-0.2, -0.15) is 0 Å². The summed E-state index contributed by atoms with van der Waals surface area (Å²) in [6.07, 6.45) is 0. The van der Waals surface area contributed by atoms with Crippen molar-refractivity contribution in [3.05, 3.63) is 89.5 Å². The first-order chi connectivity index (χ1) is 13.3. The molecule has 3 rings (SSSR count). The van der Waals surface area contributed by atoms with Crippen molar-refractivity contribution in [2.24, 2.45) is 0 Å². The lowest BCUT2D eigenvalue weighted by molar-refractivity contribution is 0.415. The standard InChI is InChI=1S/C23H25NO3S/c1-17-11-13-23(14-12-17)28(25,26)24(21-9-6-10-22(16-21)27-4)19(3)20-8-5-7-18(2)15-20/h5-16,19H,1-4H3. The van der Waals surface area contributed by atoms with Gasteiger partial charge in [-0.1, -0.05) is 53.6 Å². The number of nitrogens with zero attached hydrogens (tertiary/aromatic N) is 1. The van der Waals surface area contributed by atoms with Crippen LogP contribution in [0.5, 0.6) is 5.75 Å². The highest BCUT2D eigenvalue weighted by atomic mass is 32.2. The predicted octanol–water partition coefficient (Wildman–Crippen LogP) is 5.27. The van der Waals surface area contributed by atoms with Crippen molar-refractivity contribution < 1.29 is 13.2 Å². The van der Waals surface area contributed by atoms with Crippen molar-refractivity contribution in [2.45, 2.75) is 31.7 Å². The Bertz CT molecular complexity index is 1060. The average Bonchev–Trinajstić information content (AvgIpc) is 2.68. The van der Waals surface area contributed by atoms with Crippen molar-refractivity contribution >= 4 is 15.7 Å². The number of rotatable bonds is 6. The van der Waals surface area contributed by atoms with Crippen molar-refractivity contribution in [1.82, 2.24) is 0 Å². The molecule has 4 nitrogen and oxygen atoms in total. The molecule has 0 saturated heterocycles. The van der Waals surface area contributed by atoms with Gasteiger partial charge in [0.15, 0.2) is 0 Å². The van der Waals surface area contributed by atoms with E-state index in [0.29, 0.717) is 11.4 Å². The van der Waals surface area contributed by atoms with E-state index in [0.717, 1.165) is 16.7 Å². The first kappa shape index (κ1) is 20.0. The zero-order valence-corrected chi connectivity index (χ0v) is 17.4. The van der Waals surface area contributed by atoms with Gasteiger partial charge in [0.05, 0.1) is 23.7 Å². The molecule has 0 spiro atoms. The Kier molecular flexibility index (Phi) is 5.75. The molecule has 0 amide bonds. The SMILES string of the molecule is COc1cccc(N(C(C)c2cccc(C)c2)S(=O)(=O)c2ccc(C)cc2)c1. The van der Waals surface area contributed by atoms with Crippen LogP contribution < -0.4 is 9.04 Å². The van der Waals surface area contributed by atoms with Crippen LogP contribution in [0.1, 0.15) is 29.7 Å². The highest BCUT2D eigenvalue weighted by Gasteiger charge is 2.30. The summed E-state index contributed by atoms with van der Waals surface area (Å²) >= 11 is 0. The zero-order valence-electron chi connectivity index (χ0n) is 16.6. The zero-order chi connectivity index (χ0) is 20.3. The summed E-state index contributed by atoms with van der Waals surface area (Å²) in [6.45, 7) is 5.84. The maximum atomic E-state index is 13.6. The Labute approximate surface area is 167 Å². The van der Waals surface area contributed by atoms with Crippen LogP contribution in [0, 0.1) is 13.8 Å².